The van der Waals surface area contributed by atoms with E-state index in [0.29, 0.717) is 0 Å². The highest BCUT2D eigenvalue weighted by Crippen LogP contribution is 2.22. The number of hydrogen-bond acceptors (Lipinski definition) is 4. The Morgan fingerprint density at radius 3 is 2.07 bits per heavy atom. The summed E-state index contributed by atoms with van der Waals surface area (Å²) in [6.07, 6.45) is 4.41. The SMILES string of the molecule is C(=C\c1sc2ccccc2[n+]1Cc1ccccc1)/c1ccccc1.O=[N+]([O-])[O-]. The number of nitrogens with zero attached hydrogens (tertiary/aromatic N) is 2. The molecule has 5 nitrogen and oxygen atoms in total. The predicted octanol–water partition coefficient (Wildman–Crippen LogP) is 5.17. The van der Waals surface area contributed by atoms with Crippen LogP contribution in [0.1, 0.15) is 16.1 Å². The first-order valence-corrected chi connectivity index (χ1v) is 9.45. The fourth-order valence-electron chi connectivity index (χ4n) is 2.84. The molecule has 4 aromatic rings. The van der Waals surface area contributed by atoms with Gasteiger partial charge in [-0.1, -0.05) is 84.1 Å². The molecule has 0 N–H and O–H groups in total. The molecular weight excluding hydrogens is 372 g/mol. The van der Waals surface area contributed by atoms with Gasteiger partial charge in [0, 0.05) is 17.7 Å². The Morgan fingerprint density at radius 1 is 0.821 bits per heavy atom. The fourth-order valence-corrected chi connectivity index (χ4v) is 3.90. The lowest BCUT2D eigenvalue weighted by Gasteiger charge is -1.98. The summed E-state index contributed by atoms with van der Waals surface area (Å²) < 4.78 is 3.72. The van der Waals surface area contributed by atoms with E-state index in [0.717, 1.165) is 6.54 Å². The topological polar surface area (TPSA) is 70.1 Å². The maximum absolute atomic E-state index is 8.25. The number of para-hydroxylation sites is 1. The molecule has 0 bridgehead atoms. The first-order valence-electron chi connectivity index (χ1n) is 8.63. The van der Waals surface area contributed by atoms with Gasteiger partial charge in [-0.05, 0) is 17.7 Å². The Balaban J connectivity index is 0.000000516. The Labute approximate surface area is 166 Å². The van der Waals surface area contributed by atoms with Crippen molar-refractivity contribution in [2.45, 2.75) is 6.54 Å². The van der Waals surface area contributed by atoms with Crippen molar-refractivity contribution in [2.24, 2.45) is 0 Å². The van der Waals surface area contributed by atoms with Gasteiger partial charge >= 0.3 is 0 Å². The first kappa shape index (κ1) is 19.3. The Kier molecular flexibility index (Phi) is 6.49. The van der Waals surface area contributed by atoms with Crippen molar-refractivity contribution >= 4 is 33.7 Å². The van der Waals surface area contributed by atoms with Crippen molar-refractivity contribution in [1.82, 2.24) is 0 Å². The molecule has 0 fully saturated rings. The van der Waals surface area contributed by atoms with Crippen molar-refractivity contribution in [3.8, 4) is 0 Å². The maximum Gasteiger partial charge on any atom is 0.263 e. The average molecular weight is 390 g/mol. The van der Waals surface area contributed by atoms with Crippen LogP contribution in [0.5, 0.6) is 0 Å². The molecule has 1 heterocycles. The van der Waals surface area contributed by atoms with Crippen LogP contribution in [-0.4, -0.2) is 5.09 Å². The van der Waals surface area contributed by atoms with Crippen LogP contribution in [0.15, 0.2) is 84.9 Å². The van der Waals surface area contributed by atoms with Gasteiger partial charge in [-0.25, -0.2) is 0 Å². The zero-order valence-electron chi connectivity index (χ0n) is 15.0. The first-order chi connectivity index (χ1) is 13.6. The molecule has 3 aromatic carbocycles. The second kappa shape index (κ2) is 9.43. The Hall–Kier alpha value is -3.51. The largest absolute Gasteiger partial charge is 0.356 e. The second-order valence-corrected chi connectivity index (χ2v) is 7.01. The zero-order valence-corrected chi connectivity index (χ0v) is 15.8. The normalized spacial score (nSPS) is 10.6. The summed E-state index contributed by atoms with van der Waals surface area (Å²) in [7, 11) is 0. The molecule has 0 spiro atoms. The smallest absolute Gasteiger partial charge is 0.263 e. The van der Waals surface area contributed by atoms with E-state index in [1.165, 1.54) is 26.4 Å². The average Bonchev–Trinajstić information content (AvgIpc) is 3.05. The minimum absolute atomic E-state index is 0.888. The summed E-state index contributed by atoms with van der Waals surface area (Å²) in [4.78, 5) is 8.25. The summed E-state index contributed by atoms with van der Waals surface area (Å²) in [6.45, 7) is 0.888. The van der Waals surface area contributed by atoms with Crippen LogP contribution in [0.4, 0.5) is 0 Å². The van der Waals surface area contributed by atoms with E-state index >= 15 is 0 Å². The van der Waals surface area contributed by atoms with E-state index in [1.807, 2.05) is 17.4 Å². The zero-order chi connectivity index (χ0) is 19.8. The van der Waals surface area contributed by atoms with Gasteiger partial charge in [0.15, 0.2) is 6.54 Å². The minimum Gasteiger partial charge on any atom is -0.356 e. The summed E-state index contributed by atoms with van der Waals surface area (Å²) >= 11 is 1.84. The van der Waals surface area contributed by atoms with Gasteiger partial charge in [0.05, 0.1) is 5.09 Å². The van der Waals surface area contributed by atoms with Crippen LogP contribution < -0.4 is 4.57 Å². The van der Waals surface area contributed by atoms with Crippen molar-refractivity contribution < 1.29 is 9.65 Å². The van der Waals surface area contributed by atoms with Gasteiger partial charge < -0.3 is 15.3 Å². The quantitative estimate of drug-likeness (QED) is 0.274. The highest BCUT2D eigenvalue weighted by molar-refractivity contribution is 7.18. The van der Waals surface area contributed by atoms with Gasteiger partial charge in [-0.2, -0.15) is 4.57 Å². The van der Waals surface area contributed by atoms with Crippen molar-refractivity contribution in [2.75, 3.05) is 0 Å². The maximum atomic E-state index is 8.25. The van der Waals surface area contributed by atoms with Gasteiger partial charge in [0.1, 0.15) is 4.70 Å². The van der Waals surface area contributed by atoms with E-state index in [9.17, 15) is 0 Å². The molecule has 28 heavy (non-hydrogen) atoms. The lowest BCUT2D eigenvalue weighted by atomic mass is 10.2. The third kappa shape index (κ3) is 5.25. The molecular formula is C22H18N2O3S. The van der Waals surface area contributed by atoms with E-state index in [2.05, 4.69) is 95.6 Å². The van der Waals surface area contributed by atoms with Crippen molar-refractivity contribution in [3.63, 3.8) is 0 Å². The molecule has 0 aliphatic carbocycles. The Bertz CT molecular complexity index is 1070. The fraction of sp³-hybridized carbons (Fsp3) is 0.0455. The molecule has 1 aromatic heterocycles. The van der Waals surface area contributed by atoms with Gasteiger partial charge in [-0.3, -0.25) is 0 Å². The van der Waals surface area contributed by atoms with Gasteiger partial charge in [-0.15, -0.1) is 0 Å². The summed E-state index contributed by atoms with van der Waals surface area (Å²) in [6, 6.07) is 29.7. The molecule has 6 heteroatoms. The van der Waals surface area contributed by atoms with E-state index in [1.54, 1.807) is 0 Å². The van der Waals surface area contributed by atoms with Crippen LogP contribution in [-0.2, 0) is 6.54 Å². The summed E-state index contributed by atoms with van der Waals surface area (Å²) in [5.41, 5.74) is 3.83. The molecule has 0 aliphatic rings. The molecule has 0 amide bonds. The number of thiazole rings is 1. The van der Waals surface area contributed by atoms with Gasteiger partial charge in [0.25, 0.3) is 5.01 Å². The van der Waals surface area contributed by atoms with Crippen molar-refractivity contribution in [3.05, 3.63) is 116 Å². The van der Waals surface area contributed by atoms with Crippen LogP contribution in [0.25, 0.3) is 22.4 Å². The number of hydrogen-bond donors (Lipinski definition) is 0. The molecule has 0 unspecified atom stereocenters. The summed E-state index contributed by atoms with van der Waals surface area (Å²) in [5.74, 6) is 0. The molecule has 0 saturated carbocycles. The molecule has 0 atom stereocenters. The monoisotopic (exact) mass is 390 g/mol. The molecule has 140 valence electrons. The van der Waals surface area contributed by atoms with Crippen LogP contribution in [0.3, 0.4) is 0 Å². The number of rotatable bonds is 4. The highest BCUT2D eigenvalue weighted by Gasteiger charge is 2.18. The molecule has 0 saturated heterocycles. The Morgan fingerprint density at radius 2 is 1.39 bits per heavy atom. The predicted molar refractivity (Wildman–Crippen MR) is 113 cm³/mol. The number of aromatic nitrogens is 1. The number of fused-ring (bicyclic) bond motifs is 1. The number of benzene rings is 3. The van der Waals surface area contributed by atoms with E-state index < -0.39 is 5.09 Å². The molecule has 0 radical (unpaired) electrons. The lowest BCUT2D eigenvalue weighted by molar-refractivity contribution is -0.659. The van der Waals surface area contributed by atoms with Crippen LogP contribution in [0, 0.1) is 15.3 Å². The summed E-state index contributed by atoms with van der Waals surface area (Å²) in [5, 5.41) is 16.0. The van der Waals surface area contributed by atoms with Crippen LogP contribution in [0.2, 0.25) is 0 Å². The van der Waals surface area contributed by atoms with E-state index in [4.69, 9.17) is 15.3 Å². The van der Waals surface area contributed by atoms with Crippen molar-refractivity contribution in [1.29, 1.82) is 0 Å². The third-order valence-corrected chi connectivity index (χ3v) is 5.17. The highest BCUT2D eigenvalue weighted by atomic mass is 32.1. The van der Waals surface area contributed by atoms with Gasteiger partial charge in [0.2, 0.25) is 5.52 Å². The van der Waals surface area contributed by atoms with E-state index in [-0.39, 0.29) is 0 Å². The van der Waals surface area contributed by atoms with Crippen LogP contribution >= 0.6 is 11.3 Å². The standard InChI is InChI=1S/C22H18NS.NO3/c1-3-9-18(10-4-1)15-16-22-23(17-19-11-5-2-6-12-19)20-13-7-8-14-21(20)24-22;2-1(3)4/h1-16H,17H2;/q+1;-1/b16-15+;. The second-order valence-electron chi connectivity index (χ2n) is 5.95. The lowest BCUT2D eigenvalue weighted by Crippen LogP contribution is -2.35. The third-order valence-electron chi connectivity index (χ3n) is 4.04. The minimum atomic E-state index is -1.75. The molecule has 0 aliphatic heterocycles. The molecule has 4 rings (SSSR count).